The fourth-order valence-electron chi connectivity index (χ4n) is 0.172. The summed E-state index contributed by atoms with van der Waals surface area (Å²) in [6.07, 6.45) is -4.23. The SMILES string of the molecule is FC(F)(F)CNC(=S)[S-]. The van der Waals surface area contributed by atoms with Crippen LogP contribution in [-0.2, 0) is 12.6 Å². The Balaban J connectivity index is 3.39. The van der Waals surface area contributed by atoms with Gasteiger partial charge < -0.3 is 30.2 Å². The molecule has 0 heterocycles. The molecule has 0 saturated carbocycles. The van der Waals surface area contributed by atoms with Crippen LogP contribution in [0, 0.1) is 0 Å². The molecule has 0 rings (SSSR count). The van der Waals surface area contributed by atoms with Gasteiger partial charge in [0.2, 0.25) is 0 Å². The molecule has 0 aromatic heterocycles. The largest absolute Gasteiger partial charge is 0.412 e. The quantitative estimate of drug-likeness (QED) is 0.470. The number of rotatable bonds is 1. The molecule has 0 spiro atoms. The van der Waals surface area contributed by atoms with Gasteiger partial charge in [-0.25, -0.2) is 0 Å². The number of hydrogen-bond donors (Lipinski definition) is 1. The number of nitrogens with one attached hydrogen (secondary N) is 1. The minimum atomic E-state index is -4.23. The van der Waals surface area contributed by atoms with Crippen LogP contribution in [0.4, 0.5) is 13.2 Å². The molecule has 54 valence electrons. The van der Waals surface area contributed by atoms with Crippen molar-refractivity contribution in [3.63, 3.8) is 0 Å². The molecule has 0 radical (unpaired) electrons. The summed E-state index contributed by atoms with van der Waals surface area (Å²) in [4.78, 5) is 0. The second-order valence-corrected chi connectivity index (χ2v) is 2.33. The van der Waals surface area contributed by atoms with Crippen LogP contribution in [0.5, 0.6) is 0 Å². The highest BCUT2D eigenvalue weighted by Gasteiger charge is 2.25. The van der Waals surface area contributed by atoms with E-state index < -0.39 is 12.7 Å². The monoisotopic (exact) mass is 174 g/mol. The molecular weight excluding hydrogens is 171 g/mol. The Morgan fingerprint density at radius 1 is 1.56 bits per heavy atom. The molecule has 0 fully saturated rings. The van der Waals surface area contributed by atoms with Crippen molar-refractivity contribution in [1.82, 2.24) is 5.32 Å². The first-order chi connectivity index (χ1) is 3.92. The third-order valence-corrected chi connectivity index (χ3v) is 0.722. The molecule has 0 saturated heterocycles. The van der Waals surface area contributed by atoms with E-state index in [1.54, 1.807) is 5.32 Å². The molecule has 0 aliphatic carbocycles. The van der Waals surface area contributed by atoms with Crippen molar-refractivity contribution in [2.75, 3.05) is 6.54 Å². The van der Waals surface area contributed by atoms with Crippen molar-refractivity contribution in [2.45, 2.75) is 6.18 Å². The van der Waals surface area contributed by atoms with Crippen LogP contribution in [0.25, 0.3) is 0 Å². The number of alkyl halides is 3. The second kappa shape index (κ2) is 3.17. The lowest BCUT2D eigenvalue weighted by atomic mass is 10.6. The number of halogens is 3. The van der Waals surface area contributed by atoms with Gasteiger partial charge in [-0.2, -0.15) is 13.2 Å². The van der Waals surface area contributed by atoms with Crippen LogP contribution < -0.4 is 5.32 Å². The topological polar surface area (TPSA) is 12.0 Å². The molecule has 6 heteroatoms. The van der Waals surface area contributed by atoms with Crippen LogP contribution in [0.1, 0.15) is 0 Å². The van der Waals surface area contributed by atoms with Crippen LogP contribution in [0.3, 0.4) is 0 Å². The number of hydrogen-bond acceptors (Lipinski definition) is 2. The number of thiocarbonyl (C=S) groups is 1. The normalized spacial score (nSPS) is 11.0. The summed E-state index contributed by atoms with van der Waals surface area (Å²) in [5, 5.41) is 1.81. The molecule has 0 amide bonds. The molecule has 0 aromatic rings. The average Bonchev–Trinajstić information content (AvgIpc) is 1.59. The van der Waals surface area contributed by atoms with E-state index in [2.05, 4.69) is 24.8 Å². The average molecular weight is 174 g/mol. The zero-order valence-electron chi connectivity index (χ0n) is 4.16. The van der Waals surface area contributed by atoms with Gasteiger partial charge in [0.05, 0.1) is 0 Å². The van der Waals surface area contributed by atoms with E-state index in [4.69, 9.17) is 0 Å². The van der Waals surface area contributed by atoms with E-state index in [0.717, 1.165) is 0 Å². The third kappa shape index (κ3) is 7.90. The first kappa shape index (κ1) is 8.90. The van der Waals surface area contributed by atoms with Gasteiger partial charge in [-0.05, 0) is 0 Å². The predicted octanol–water partition coefficient (Wildman–Crippen LogP) is 0.970. The minimum absolute atomic E-state index is 0.257. The first-order valence-electron chi connectivity index (χ1n) is 1.93. The van der Waals surface area contributed by atoms with E-state index in [0.29, 0.717) is 0 Å². The van der Waals surface area contributed by atoms with Gasteiger partial charge in [0.1, 0.15) is 6.54 Å². The van der Waals surface area contributed by atoms with Gasteiger partial charge >= 0.3 is 6.18 Å². The molecule has 0 aliphatic heterocycles. The summed E-state index contributed by atoms with van der Waals surface area (Å²) in [6.45, 7) is -1.14. The Hall–Kier alpha value is -0.100. The van der Waals surface area contributed by atoms with Gasteiger partial charge in [-0.15, -0.1) is 0 Å². The summed E-state index contributed by atoms with van der Waals surface area (Å²) in [7, 11) is 0. The Morgan fingerprint density at radius 3 is 2.11 bits per heavy atom. The zero-order chi connectivity index (χ0) is 7.49. The van der Waals surface area contributed by atoms with E-state index >= 15 is 0 Å². The molecule has 0 bridgehead atoms. The van der Waals surface area contributed by atoms with Gasteiger partial charge in [0.25, 0.3) is 0 Å². The van der Waals surface area contributed by atoms with Crippen molar-refractivity contribution in [1.29, 1.82) is 0 Å². The highest BCUT2D eigenvalue weighted by Crippen LogP contribution is 2.11. The fourth-order valence-corrected chi connectivity index (χ4v) is 0.317. The lowest BCUT2D eigenvalue weighted by Crippen LogP contribution is -2.31. The Labute approximate surface area is 61.0 Å². The highest BCUT2D eigenvalue weighted by molar-refractivity contribution is 8.00. The standard InChI is InChI=1S/C3H4F3NS2/c4-3(5,6)1-7-2(8)9/h1H2,(H2,7,8,9)/p-1. The lowest BCUT2D eigenvalue weighted by molar-refractivity contribution is -0.121. The predicted molar refractivity (Wildman–Crippen MR) is 34.0 cm³/mol. The molecule has 1 nitrogen and oxygen atoms in total. The summed E-state index contributed by atoms with van der Waals surface area (Å²) < 4.78 is 33.5. The lowest BCUT2D eigenvalue weighted by Gasteiger charge is -2.11. The summed E-state index contributed by atoms with van der Waals surface area (Å²) in [5.41, 5.74) is 0. The molecule has 0 aliphatic rings. The van der Waals surface area contributed by atoms with Gasteiger partial charge in [0, 0.05) is 0 Å². The van der Waals surface area contributed by atoms with Crippen molar-refractivity contribution >= 4 is 29.2 Å². The van der Waals surface area contributed by atoms with Crippen molar-refractivity contribution < 1.29 is 13.2 Å². The van der Waals surface area contributed by atoms with E-state index in [9.17, 15) is 13.2 Å². The molecular formula is C3H3F3NS2-. The van der Waals surface area contributed by atoms with Gasteiger partial charge in [0.15, 0.2) is 0 Å². The smallest absolute Gasteiger partial charge is 0.405 e. The minimum Gasteiger partial charge on any atom is -0.412 e. The van der Waals surface area contributed by atoms with E-state index in [1.807, 2.05) is 0 Å². The maximum atomic E-state index is 11.2. The van der Waals surface area contributed by atoms with Crippen LogP contribution in [-0.4, -0.2) is 17.0 Å². The van der Waals surface area contributed by atoms with Crippen molar-refractivity contribution in [3.05, 3.63) is 0 Å². The van der Waals surface area contributed by atoms with Gasteiger partial charge in [-0.1, -0.05) is 4.32 Å². The highest BCUT2D eigenvalue weighted by atomic mass is 32.1. The summed E-state index contributed by atoms with van der Waals surface area (Å²) in [6, 6.07) is 0. The third-order valence-electron chi connectivity index (χ3n) is 0.433. The van der Waals surface area contributed by atoms with Gasteiger partial charge in [-0.3, -0.25) is 0 Å². The van der Waals surface area contributed by atoms with Crippen molar-refractivity contribution in [3.8, 4) is 0 Å². The Kier molecular flexibility index (Phi) is 3.13. The maximum absolute atomic E-state index is 11.2. The molecule has 9 heavy (non-hydrogen) atoms. The van der Waals surface area contributed by atoms with Crippen LogP contribution in [0.2, 0.25) is 0 Å². The Bertz CT molecular complexity index is 110. The molecule has 0 atom stereocenters. The zero-order valence-corrected chi connectivity index (χ0v) is 5.79. The summed E-state index contributed by atoms with van der Waals surface area (Å²) >= 11 is 8.33. The maximum Gasteiger partial charge on any atom is 0.405 e. The fraction of sp³-hybridized carbons (Fsp3) is 0.667. The molecule has 0 unspecified atom stereocenters. The Morgan fingerprint density at radius 2 is 2.00 bits per heavy atom. The molecule has 0 aromatic carbocycles. The second-order valence-electron chi connectivity index (χ2n) is 1.26. The van der Waals surface area contributed by atoms with E-state index in [-0.39, 0.29) is 4.32 Å². The van der Waals surface area contributed by atoms with Crippen molar-refractivity contribution in [2.24, 2.45) is 0 Å². The van der Waals surface area contributed by atoms with Crippen LogP contribution >= 0.6 is 12.2 Å². The summed E-state index contributed by atoms with van der Waals surface area (Å²) in [5.74, 6) is 0. The van der Waals surface area contributed by atoms with E-state index in [1.165, 1.54) is 0 Å². The molecule has 1 N–H and O–H groups in total. The van der Waals surface area contributed by atoms with Crippen LogP contribution in [0.15, 0.2) is 0 Å². The first-order valence-corrected chi connectivity index (χ1v) is 2.75.